The van der Waals surface area contributed by atoms with Crippen molar-refractivity contribution in [2.75, 3.05) is 13.1 Å². The lowest BCUT2D eigenvalue weighted by atomic mass is 9.73. The van der Waals surface area contributed by atoms with E-state index in [1.54, 1.807) is 0 Å². The van der Waals surface area contributed by atoms with Gasteiger partial charge in [-0.05, 0) is 18.3 Å². The number of hydrogen-bond donors (Lipinski definition) is 1. The van der Waals surface area contributed by atoms with Crippen LogP contribution in [0.1, 0.15) is 232 Å². The molecule has 1 heterocycles. The molecule has 0 aromatic heterocycles. The van der Waals surface area contributed by atoms with Gasteiger partial charge in [0.25, 0.3) is 0 Å². The Morgan fingerprint density at radius 2 is 0.500 bits per heavy atom. The van der Waals surface area contributed by atoms with Crippen molar-refractivity contribution in [1.29, 1.82) is 0 Å². The third-order valence-electron chi connectivity index (χ3n) is 10.1. The summed E-state index contributed by atoms with van der Waals surface area (Å²) in [4.78, 5) is 0. The van der Waals surface area contributed by atoms with Crippen LogP contribution in [0.2, 0.25) is 0 Å². The zero-order valence-electron chi connectivity index (χ0n) is 28.5. The average Bonchev–Trinajstić information content (AvgIpc) is 2.94. The van der Waals surface area contributed by atoms with Gasteiger partial charge in [0.15, 0.2) is 0 Å². The average molecular weight is 562 g/mol. The van der Waals surface area contributed by atoms with Crippen molar-refractivity contribution in [3.8, 4) is 0 Å². The smallest absolute Gasteiger partial charge is 0.00202 e. The van der Waals surface area contributed by atoms with Gasteiger partial charge < -0.3 is 5.32 Å². The predicted molar refractivity (Wildman–Crippen MR) is 184 cm³/mol. The first-order valence-electron chi connectivity index (χ1n) is 19.5. The molecular formula is C39H79N. The summed E-state index contributed by atoms with van der Waals surface area (Å²) in [5.74, 6) is 0. The highest BCUT2D eigenvalue weighted by Crippen LogP contribution is 2.35. The molecule has 1 aliphatic heterocycles. The summed E-state index contributed by atoms with van der Waals surface area (Å²) in [6, 6.07) is 0. The van der Waals surface area contributed by atoms with Crippen LogP contribution < -0.4 is 5.32 Å². The number of unbranched alkanes of at least 4 members (excludes halogenated alkanes) is 30. The zero-order valence-corrected chi connectivity index (χ0v) is 28.5. The predicted octanol–water partition coefficient (Wildman–Crippen LogP) is 13.9. The molecule has 240 valence electrons. The Morgan fingerprint density at radius 1 is 0.300 bits per heavy atom. The second-order valence-electron chi connectivity index (χ2n) is 14.2. The molecule has 1 saturated heterocycles. The SMILES string of the molecule is CCCCCCCCCCCCCCCCCCC1(CCCCCCCCCCCCCCCCCC)CNC1. The topological polar surface area (TPSA) is 12.0 Å². The fourth-order valence-electron chi connectivity index (χ4n) is 7.05. The maximum atomic E-state index is 3.61. The van der Waals surface area contributed by atoms with E-state index in [1.807, 2.05) is 0 Å². The second kappa shape index (κ2) is 30.4. The van der Waals surface area contributed by atoms with Gasteiger partial charge in [-0.25, -0.2) is 0 Å². The molecule has 1 nitrogen and oxygen atoms in total. The molecule has 1 rings (SSSR count). The summed E-state index contributed by atoms with van der Waals surface area (Å²) in [6.07, 6.45) is 50.2. The number of nitrogens with one attached hydrogen (secondary N) is 1. The third-order valence-corrected chi connectivity index (χ3v) is 10.1. The maximum Gasteiger partial charge on any atom is 0.00202 e. The van der Waals surface area contributed by atoms with E-state index < -0.39 is 0 Å². The summed E-state index contributed by atoms with van der Waals surface area (Å²) >= 11 is 0. The molecule has 40 heavy (non-hydrogen) atoms. The van der Waals surface area contributed by atoms with Crippen LogP contribution in [0.4, 0.5) is 0 Å². The zero-order chi connectivity index (χ0) is 28.7. The van der Waals surface area contributed by atoms with Gasteiger partial charge >= 0.3 is 0 Å². The van der Waals surface area contributed by atoms with Gasteiger partial charge in [-0.3, -0.25) is 0 Å². The number of rotatable bonds is 34. The lowest BCUT2D eigenvalue weighted by molar-refractivity contribution is 0.128. The Balaban J connectivity index is 1.78. The molecule has 1 aliphatic rings. The third kappa shape index (κ3) is 24.5. The minimum atomic E-state index is 0.687. The van der Waals surface area contributed by atoms with Crippen LogP contribution in [0, 0.1) is 5.41 Å². The lowest BCUT2D eigenvalue weighted by Crippen LogP contribution is -2.53. The molecule has 0 aromatic rings. The number of hydrogen-bond acceptors (Lipinski definition) is 1. The van der Waals surface area contributed by atoms with E-state index in [9.17, 15) is 0 Å². The molecule has 0 aliphatic carbocycles. The molecule has 1 fully saturated rings. The molecule has 0 radical (unpaired) electrons. The van der Waals surface area contributed by atoms with E-state index in [2.05, 4.69) is 19.2 Å². The Hall–Kier alpha value is -0.0400. The second-order valence-corrected chi connectivity index (χ2v) is 14.2. The minimum absolute atomic E-state index is 0.687. The van der Waals surface area contributed by atoms with E-state index in [1.165, 1.54) is 231 Å². The van der Waals surface area contributed by atoms with Gasteiger partial charge in [-0.15, -0.1) is 0 Å². The highest BCUT2D eigenvalue weighted by Gasteiger charge is 2.35. The van der Waals surface area contributed by atoms with Crippen molar-refractivity contribution >= 4 is 0 Å². The molecule has 1 N–H and O–H groups in total. The molecule has 0 bridgehead atoms. The van der Waals surface area contributed by atoms with E-state index in [0.29, 0.717) is 5.41 Å². The fraction of sp³-hybridized carbons (Fsp3) is 1.00. The van der Waals surface area contributed by atoms with Crippen LogP contribution >= 0.6 is 0 Å². The standard InChI is InChI=1S/C39H79N/c1-3-5-7-9-11-13-15-17-19-21-23-25-27-29-31-33-35-39(37-40-38-39)36-34-32-30-28-26-24-22-20-18-16-14-12-10-8-6-4-2/h40H,3-38H2,1-2H3. The molecule has 0 amide bonds. The summed E-state index contributed by atoms with van der Waals surface area (Å²) in [5.41, 5.74) is 0.687. The molecule has 0 unspecified atom stereocenters. The van der Waals surface area contributed by atoms with Crippen molar-refractivity contribution in [2.24, 2.45) is 5.41 Å². The summed E-state index contributed by atoms with van der Waals surface area (Å²) < 4.78 is 0. The fourth-order valence-corrected chi connectivity index (χ4v) is 7.05. The van der Waals surface area contributed by atoms with Crippen molar-refractivity contribution in [2.45, 2.75) is 232 Å². The Labute approximate surface area is 255 Å². The highest BCUT2D eigenvalue weighted by atomic mass is 15.0. The Morgan fingerprint density at radius 3 is 0.675 bits per heavy atom. The van der Waals surface area contributed by atoms with E-state index in [4.69, 9.17) is 0 Å². The minimum Gasteiger partial charge on any atom is -0.316 e. The molecular weight excluding hydrogens is 482 g/mol. The van der Waals surface area contributed by atoms with Gasteiger partial charge in [0, 0.05) is 13.1 Å². The molecule has 1 heteroatoms. The molecule has 0 saturated carbocycles. The summed E-state index contributed by atoms with van der Waals surface area (Å²) in [7, 11) is 0. The van der Waals surface area contributed by atoms with Crippen molar-refractivity contribution in [3.63, 3.8) is 0 Å². The first-order chi connectivity index (χ1) is 19.8. The van der Waals surface area contributed by atoms with Crippen LogP contribution in [0.3, 0.4) is 0 Å². The Bertz CT molecular complexity index is 429. The first kappa shape index (κ1) is 38.0. The molecule has 0 atom stereocenters. The summed E-state index contributed by atoms with van der Waals surface area (Å²) in [6.45, 7) is 7.24. The van der Waals surface area contributed by atoms with Gasteiger partial charge in [0.1, 0.15) is 0 Å². The van der Waals surface area contributed by atoms with Crippen molar-refractivity contribution < 1.29 is 0 Å². The first-order valence-corrected chi connectivity index (χ1v) is 19.5. The highest BCUT2D eigenvalue weighted by molar-refractivity contribution is 4.91. The van der Waals surface area contributed by atoms with Crippen LogP contribution in [0.15, 0.2) is 0 Å². The largest absolute Gasteiger partial charge is 0.316 e. The van der Waals surface area contributed by atoms with Gasteiger partial charge in [-0.1, -0.05) is 219 Å². The van der Waals surface area contributed by atoms with Gasteiger partial charge in [-0.2, -0.15) is 0 Å². The molecule has 0 aromatic carbocycles. The van der Waals surface area contributed by atoms with Crippen LogP contribution in [0.5, 0.6) is 0 Å². The quantitative estimate of drug-likeness (QED) is 0.0770. The lowest BCUT2D eigenvalue weighted by Gasteiger charge is -2.43. The summed E-state index contributed by atoms with van der Waals surface area (Å²) in [5, 5.41) is 3.61. The van der Waals surface area contributed by atoms with Crippen LogP contribution in [-0.4, -0.2) is 13.1 Å². The Kier molecular flexibility index (Phi) is 28.9. The normalized spacial score (nSPS) is 14.6. The van der Waals surface area contributed by atoms with Crippen LogP contribution in [0.25, 0.3) is 0 Å². The van der Waals surface area contributed by atoms with E-state index in [-0.39, 0.29) is 0 Å². The van der Waals surface area contributed by atoms with Crippen molar-refractivity contribution in [3.05, 3.63) is 0 Å². The maximum absolute atomic E-state index is 3.61. The van der Waals surface area contributed by atoms with Crippen LogP contribution in [-0.2, 0) is 0 Å². The van der Waals surface area contributed by atoms with E-state index in [0.717, 1.165) is 0 Å². The van der Waals surface area contributed by atoms with E-state index >= 15 is 0 Å². The van der Waals surface area contributed by atoms with Gasteiger partial charge in [0.2, 0.25) is 0 Å². The van der Waals surface area contributed by atoms with Crippen molar-refractivity contribution in [1.82, 2.24) is 5.32 Å². The molecule has 0 spiro atoms. The van der Waals surface area contributed by atoms with Gasteiger partial charge in [0.05, 0.1) is 0 Å². The monoisotopic (exact) mass is 562 g/mol.